The van der Waals surface area contributed by atoms with Gasteiger partial charge in [-0.2, -0.15) is 4.37 Å². The van der Waals surface area contributed by atoms with Crippen LogP contribution in [0.3, 0.4) is 0 Å². The largest absolute Gasteiger partial charge is 0.375 e. The van der Waals surface area contributed by atoms with Gasteiger partial charge in [0.05, 0.1) is 12.7 Å². The molecule has 3 rings (SSSR count). The van der Waals surface area contributed by atoms with Gasteiger partial charge in [-0.15, -0.1) is 0 Å². The van der Waals surface area contributed by atoms with Crippen LogP contribution in [0.15, 0.2) is 0 Å². The van der Waals surface area contributed by atoms with E-state index in [2.05, 4.69) is 28.1 Å². The topological polar surface area (TPSA) is 47.5 Å². The van der Waals surface area contributed by atoms with Gasteiger partial charge in [0, 0.05) is 37.6 Å². The number of aromatic nitrogens is 2. The molecule has 20 heavy (non-hydrogen) atoms. The van der Waals surface area contributed by atoms with Gasteiger partial charge in [-0.25, -0.2) is 4.98 Å². The van der Waals surface area contributed by atoms with E-state index in [1.807, 2.05) is 0 Å². The predicted octanol–water partition coefficient (Wildman–Crippen LogP) is 2.12. The molecule has 5 nitrogen and oxygen atoms in total. The quantitative estimate of drug-likeness (QED) is 0.852. The summed E-state index contributed by atoms with van der Waals surface area (Å²) in [6.07, 6.45) is 3.68. The molecule has 1 aromatic rings. The van der Waals surface area contributed by atoms with Crippen molar-refractivity contribution in [2.24, 2.45) is 5.92 Å². The number of nitrogens with zero attached hydrogens (tertiary/aromatic N) is 3. The average Bonchev–Trinajstić information content (AvgIpc) is 3.09. The highest BCUT2D eigenvalue weighted by Crippen LogP contribution is 2.25. The maximum atomic E-state index is 5.87. The summed E-state index contributed by atoms with van der Waals surface area (Å²) < 4.78 is 16.1. The van der Waals surface area contributed by atoms with E-state index in [9.17, 15) is 0 Å². The monoisotopic (exact) mass is 297 g/mol. The Balaban J connectivity index is 1.62. The molecule has 2 saturated heterocycles. The zero-order valence-corrected chi connectivity index (χ0v) is 13.1. The van der Waals surface area contributed by atoms with Crippen LogP contribution >= 0.6 is 11.5 Å². The molecule has 3 heterocycles. The van der Waals surface area contributed by atoms with Gasteiger partial charge in [-0.3, -0.25) is 0 Å². The predicted molar refractivity (Wildman–Crippen MR) is 79.4 cm³/mol. The molecule has 1 aromatic heterocycles. The third-order valence-corrected chi connectivity index (χ3v) is 4.61. The normalized spacial score (nSPS) is 27.4. The van der Waals surface area contributed by atoms with Crippen molar-refractivity contribution in [1.82, 2.24) is 9.36 Å². The fourth-order valence-electron chi connectivity index (χ4n) is 2.79. The van der Waals surface area contributed by atoms with Crippen LogP contribution < -0.4 is 4.90 Å². The Morgan fingerprint density at radius 3 is 2.90 bits per heavy atom. The molecule has 2 unspecified atom stereocenters. The summed E-state index contributed by atoms with van der Waals surface area (Å²) in [5.41, 5.74) is 0. The summed E-state index contributed by atoms with van der Waals surface area (Å²) in [6, 6.07) is 0. The van der Waals surface area contributed by atoms with E-state index in [-0.39, 0.29) is 12.2 Å². The summed E-state index contributed by atoms with van der Waals surface area (Å²) >= 11 is 1.51. The van der Waals surface area contributed by atoms with E-state index >= 15 is 0 Å². The Labute approximate surface area is 124 Å². The van der Waals surface area contributed by atoms with Crippen molar-refractivity contribution in [3.63, 3.8) is 0 Å². The van der Waals surface area contributed by atoms with E-state index in [1.165, 1.54) is 11.5 Å². The number of rotatable bonds is 4. The third kappa shape index (κ3) is 3.30. The molecular formula is C14H23N3O2S. The van der Waals surface area contributed by atoms with Gasteiger partial charge in [0.2, 0.25) is 5.13 Å². The lowest BCUT2D eigenvalue weighted by Crippen LogP contribution is -2.47. The first-order valence-corrected chi connectivity index (χ1v) is 8.30. The fourth-order valence-corrected chi connectivity index (χ4v) is 3.52. The molecule has 0 spiro atoms. The highest BCUT2D eigenvalue weighted by Gasteiger charge is 2.32. The average molecular weight is 297 g/mol. The molecule has 0 aliphatic carbocycles. The summed E-state index contributed by atoms with van der Waals surface area (Å²) in [5.74, 6) is 1.57. The Morgan fingerprint density at radius 1 is 1.30 bits per heavy atom. The van der Waals surface area contributed by atoms with Gasteiger partial charge in [0.1, 0.15) is 11.9 Å². The van der Waals surface area contributed by atoms with Crippen molar-refractivity contribution in [1.29, 1.82) is 0 Å². The molecule has 0 aromatic carbocycles. The summed E-state index contributed by atoms with van der Waals surface area (Å²) in [4.78, 5) is 6.98. The molecule has 0 bridgehead atoms. The molecular weight excluding hydrogens is 274 g/mol. The smallest absolute Gasteiger partial charge is 0.205 e. The molecule has 0 radical (unpaired) electrons. The lowest BCUT2D eigenvalue weighted by molar-refractivity contribution is -0.0543. The van der Waals surface area contributed by atoms with E-state index in [4.69, 9.17) is 9.47 Å². The number of hydrogen-bond donors (Lipinski definition) is 0. The third-order valence-electron chi connectivity index (χ3n) is 3.79. The Hall–Kier alpha value is -0.720. The van der Waals surface area contributed by atoms with Crippen LogP contribution in [-0.4, -0.2) is 47.9 Å². The van der Waals surface area contributed by atoms with Gasteiger partial charge < -0.3 is 14.4 Å². The van der Waals surface area contributed by atoms with Gasteiger partial charge in [0.15, 0.2) is 0 Å². The molecule has 2 atom stereocenters. The van der Waals surface area contributed by atoms with Crippen LogP contribution in [0.1, 0.15) is 32.5 Å². The van der Waals surface area contributed by atoms with Gasteiger partial charge >= 0.3 is 0 Å². The van der Waals surface area contributed by atoms with Crippen molar-refractivity contribution in [2.45, 2.75) is 45.3 Å². The van der Waals surface area contributed by atoms with Crippen molar-refractivity contribution >= 4 is 16.7 Å². The molecule has 6 heteroatoms. The van der Waals surface area contributed by atoms with Crippen LogP contribution in [0.5, 0.6) is 0 Å². The van der Waals surface area contributed by atoms with Gasteiger partial charge in [-0.05, 0) is 18.8 Å². The van der Waals surface area contributed by atoms with Gasteiger partial charge in [0.25, 0.3) is 0 Å². The summed E-state index contributed by atoms with van der Waals surface area (Å²) in [6.45, 7) is 7.80. The highest BCUT2D eigenvalue weighted by molar-refractivity contribution is 7.09. The van der Waals surface area contributed by atoms with Gasteiger partial charge in [-0.1, -0.05) is 13.8 Å². The SMILES string of the molecule is CC(C)Cc1nsc(N2CCOC(C3CCCO3)C2)n1. The van der Waals surface area contributed by atoms with Crippen LogP contribution in [0, 0.1) is 5.92 Å². The van der Waals surface area contributed by atoms with Crippen molar-refractivity contribution in [3.05, 3.63) is 5.82 Å². The molecule has 0 amide bonds. The summed E-state index contributed by atoms with van der Waals surface area (Å²) in [7, 11) is 0. The maximum absolute atomic E-state index is 5.87. The first kappa shape index (κ1) is 14.2. The second-order valence-corrected chi connectivity index (χ2v) is 6.73. The van der Waals surface area contributed by atoms with E-state index < -0.39 is 0 Å². The molecule has 112 valence electrons. The molecule has 2 aliphatic heterocycles. The molecule has 0 N–H and O–H groups in total. The lowest BCUT2D eigenvalue weighted by Gasteiger charge is -2.34. The zero-order chi connectivity index (χ0) is 13.9. The standard InChI is InChI=1S/C14H23N3O2S/c1-10(2)8-13-15-14(20-16-13)17-5-7-19-12(9-17)11-4-3-6-18-11/h10-12H,3-9H2,1-2H3. The highest BCUT2D eigenvalue weighted by atomic mass is 32.1. The summed E-state index contributed by atoms with van der Waals surface area (Å²) in [5, 5.41) is 1.03. The minimum atomic E-state index is 0.184. The lowest BCUT2D eigenvalue weighted by atomic mass is 10.1. The first-order valence-electron chi connectivity index (χ1n) is 7.53. The fraction of sp³-hybridized carbons (Fsp3) is 0.857. The first-order chi connectivity index (χ1) is 9.72. The number of morpholine rings is 1. The van der Waals surface area contributed by atoms with E-state index in [0.717, 1.165) is 56.5 Å². The number of ether oxygens (including phenoxy) is 2. The van der Waals surface area contributed by atoms with Crippen LogP contribution in [0.25, 0.3) is 0 Å². The van der Waals surface area contributed by atoms with Crippen LogP contribution in [0.2, 0.25) is 0 Å². The molecule has 2 fully saturated rings. The Kier molecular flexibility index (Phi) is 4.53. The zero-order valence-electron chi connectivity index (χ0n) is 12.2. The van der Waals surface area contributed by atoms with Crippen LogP contribution in [-0.2, 0) is 15.9 Å². The van der Waals surface area contributed by atoms with Crippen molar-refractivity contribution in [3.8, 4) is 0 Å². The Bertz CT molecular complexity index is 432. The van der Waals surface area contributed by atoms with Crippen molar-refractivity contribution in [2.75, 3.05) is 31.2 Å². The maximum Gasteiger partial charge on any atom is 0.205 e. The minimum Gasteiger partial charge on any atom is -0.375 e. The van der Waals surface area contributed by atoms with Crippen molar-refractivity contribution < 1.29 is 9.47 Å². The van der Waals surface area contributed by atoms with Crippen LogP contribution in [0.4, 0.5) is 5.13 Å². The van der Waals surface area contributed by atoms with E-state index in [1.54, 1.807) is 0 Å². The second-order valence-electron chi connectivity index (χ2n) is 6.00. The second kappa shape index (κ2) is 6.37. The van der Waals surface area contributed by atoms with E-state index in [0.29, 0.717) is 5.92 Å². The molecule has 2 aliphatic rings. The Morgan fingerprint density at radius 2 is 2.15 bits per heavy atom. The molecule has 0 saturated carbocycles. The minimum absolute atomic E-state index is 0.184. The number of hydrogen-bond acceptors (Lipinski definition) is 6. The number of anilines is 1.